The number of fused-ring (bicyclic) bond motifs is 1. The topological polar surface area (TPSA) is 70.1 Å². The monoisotopic (exact) mass is 481 g/mol. The second kappa shape index (κ2) is 9.37. The first kappa shape index (κ1) is 23.6. The SMILES string of the molecule is C=CC(=O)Nc1cc2c(Nc3ccc(F)c(Cl)c3F)ncnc2cc1C#CC1(C)CCN(C)C1. The largest absolute Gasteiger partial charge is 0.337 e. The van der Waals surface area contributed by atoms with Gasteiger partial charge in [0.15, 0.2) is 5.82 Å². The number of carbonyl (C=O) groups is 1. The molecule has 0 radical (unpaired) electrons. The van der Waals surface area contributed by atoms with Gasteiger partial charge in [-0.25, -0.2) is 18.7 Å². The molecule has 4 rings (SSSR count). The smallest absolute Gasteiger partial charge is 0.247 e. The van der Waals surface area contributed by atoms with Crippen molar-refractivity contribution in [2.45, 2.75) is 13.3 Å². The average Bonchev–Trinajstić information content (AvgIpc) is 3.16. The van der Waals surface area contributed by atoms with Crippen LogP contribution in [-0.4, -0.2) is 40.9 Å². The average molecular weight is 482 g/mol. The van der Waals surface area contributed by atoms with Gasteiger partial charge >= 0.3 is 0 Å². The number of hydrogen-bond acceptors (Lipinski definition) is 5. The summed E-state index contributed by atoms with van der Waals surface area (Å²) in [6.45, 7) is 7.43. The number of benzene rings is 2. The summed E-state index contributed by atoms with van der Waals surface area (Å²) in [6, 6.07) is 5.69. The van der Waals surface area contributed by atoms with Crippen LogP contribution in [0.25, 0.3) is 10.9 Å². The van der Waals surface area contributed by atoms with Gasteiger partial charge in [-0.05, 0) is 57.3 Å². The molecular formula is C25H22ClF2N5O. The number of halogens is 3. The van der Waals surface area contributed by atoms with E-state index >= 15 is 0 Å². The zero-order valence-corrected chi connectivity index (χ0v) is 19.4. The van der Waals surface area contributed by atoms with Gasteiger partial charge in [-0.1, -0.05) is 30.0 Å². The van der Waals surface area contributed by atoms with Crippen LogP contribution in [-0.2, 0) is 4.79 Å². The summed E-state index contributed by atoms with van der Waals surface area (Å²) in [4.78, 5) is 22.8. The highest BCUT2D eigenvalue weighted by Gasteiger charge is 2.30. The highest BCUT2D eigenvalue weighted by atomic mass is 35.5. The molecule has 2 N–H and O–H groups in total. The van der Waals surface area contributed by atoms with Crippen LogP contribution < -0.4 is 10.6 Å². The van der Waals surface area contributed by atoms with Crippen molar-refractivity contribution in [1.82, 2.24) is 14.9 Å². The molecular weight excluding hydrogens is 460 g/mol. The molecule has 1 unspecified atom stereocenters. The highest BCUT2D eigenvalue weighted by Crippen LogP contribution is 2.33. The third-order valence-corrected chi connectivity index (χ3v) is 6.02. The van der Waals surface area contributed by atoms with E-state index in [0.717, 1.165) is 31.7 Å². The van der Waals surface area contributed by atoms with Gasteiger partial charge in [-0.2, -0.15) is 0 Å². The fourth-order valence-corrected chi connectivity index (χ4v) is 4.02. The minimum absolute atomic E-state index is 0.0507. The summed E-state index contributed by atoms with van der Waals surface area (Å²) in [5.41, 5.74) is 1.33. The lowest BCUT2D eigenvalue weighted by Crippen LogP contribution is -2.20. The molecule has 0 aliphatic carbocycles. The van der Waals surface area contributed by atoms with Gasteiger partial charge in [0.2, 0.25) is 5.91 Å². The van der Waals surface area contributed by atoms with Crippen molar-refractivity contribution in [3.63, 3.8) is 0 Å². The molecule has 1 fully saturated rings. The summed E-state index contributed by atoms with van der Waals surface area (Å²) in [6.07, 6.45) is 3.42. The fourth-order valence-electron chi connectivity index (χ4n) is 3.86. The number of rotatable bonds is 4. The number of nitrogens with one attached hydrogen (secondary N) is 2. The predicted molar refractivity (Wildman–Crippen MR) is 130 cm³/mol. The molecule has 1 aliphatic heterocycles. The van der Waals surface area contributed by atoms with Crippen LogP contribution >= 0.6 is 11.6 Å². The summed E-state index contributed by atoms with van der Waals surface area (Å²) in [7, 11) is 2.06. The Morgan fingerprint density at radius 1 is 1.29 bits per heavy atom. The first-order chi connectivity index (χ1) is 16.2. The highest BCUT2D eigenvalue weighted by molar-refractivity contribution is 6.31. The van der Waals surface area contributed by atoms with E-state index in [2.05, 4.69) is 57.9 Å². The second-order valence-corrected chi connectivity index (χ2v) is 8.85. The molecule has 0 spiro atoms. The molecule has 2 aromatic carbocycles. The van der Waals surface area contributed by atoms with E-state index in [-0.39, 0.29) is 16.9 Å². The standard InChI is InChI=1S/C25H22ClF2N5O/c1-4-21(34)31-19-12-16-20(11-15(19)7-8-25(2)9-10-33(3)13-25)29-14-30-24(16)32-18-6-5-17(27)22(26)23(18)28/h4-6,11-12,14H,1,9-10,13H2,2-3H3,(H,31,34)(H,29,30,32). The van der Waals surface area contributed by atoms with Gasteiger partial charge in [0, 0.05) is 17.3 Å². The molecule has 0 saturated carbocycles. The van der Waals surface area contributed by atoms with Crippen LogP contribution in [0.5, 0.6) is 0 Å². The van der Waals surface area contributed by atoms with Crippen LogP contribution in [0.15, 0.2) is 43.2 Å². The van der Waals surface area contributed by atoms with Crippen LogP contribution in [0.4, 0.5) is 26.0 Å². The van der Waals surface area contributed by atoms with E-state index in [1.807, 2.05) is 0 Å². The molecule has 34 heavy (non-hydrogen) atoms. The molecule has 6 nitrogen and oxygen atoms in total. The van der Waals surface area contributed by atoms with Gasteiger partial charge in [0.25, 0.3) is 0 Å². The number of aromatic nitrogens is 2. The van der Waals surface area contributed by atoms with E-state index in [9.17, 15) is 13.6 Å². The van der Waals surface area contributed by atoms with Crippen molar-refractivity contribution in [3.05, 3.63) is 65.5 Å². The quantitative estimate of drug-likeness (QED) is 0.307. The minimum atomic E-state index is -0.939. The Labute approximate surface area is 201 Å². The third kappa shape index (κ3) is 4.86. The molecule has 1 saturated heterocycles. The maximum absolute atomic E-state index is 14.5. The molecule has 1 amide bonds. The maximum atomic E-state index is 14.5. The molecule has 1 aliphatic rings. The number of likely N-dealkylation sites (tertiary alicyclic amines) is 1. The Kier molecular flexibility index (Phi) is 6.51. The molecule has 9 heteroatoms. The predicted octanol–water partition coefficient (Wildman–Crippen LogP) is 5.12. The van der Waals surface area contributed by atoms with Crippen molar-refractivity contribution in [1.29, 1.82) is 0 Å². The van der Waals surface area contributed by atoms with E-state index in [4.69, 9.17) is 11.6 Å². The third-order valence-electron chi connectivity index (χ3n) is 5.67. The fraction of sp³-hybridized carbons (Fsp3) is 0.240. The van der Waals surface area contributed by atoms with Crippen molar-refractivity contribution in [2.24, 2.45) is 5.41 Å². The lowest BCUT2D eigenvalue weighted by molar-refractivity contribution is -0.111. The Bertz CT molecular complexity index is 1370. The molecule has 1 atom stereocenters. The summed E-state index contributed by atoms with van der Waals surface area (Å²) in [5.74, 6) is 4.60. The maximum Gasteiger partial charge on any atom is 0.247 e. The number of anilines is 3. The number of hydrogen-bond donors (Lipinski definition) is 2. The molecule has 2 heterocycles. The van der Waals surface area contributed by atoms with Gasteiger partial charge in [-0.15, -0.1) is 0 Å². The second-order valence-electron chi connectivity index (χ2n) is 8.48. The van der Waals surface area contributed by atoms with Crippen molar-refractivity contribution >= 4 is 45.6 Å². The minimum Gasteiger partial charge on any atom is -0.337 e. The van der Waals surface area contributed by atoms with E-state index in [1.165, 1.54) is 12.4 Å². The van der Waals surface area contributed by atoms with E-state index in [0.29, 0.717) is 22.2 Å². The zero-order valence-electron chi connectivity index (χ0n) is 18.7. The molecule has 0 bridgehead atoms. The Hall–Kier alpha value is -3.54. The van der Waals surface area contributed by atoms with Crippen LogP contribution in [0.1, 0.15) is 18.9 Å². The molecule has 174 valence electrons. The van der Waals surface area contributed by atoms with Gasteiger partial charge in [0.05, 0.1) is 22.5 Å². The molecule has 1 aromatic heterocycles. The Morgan fingerprint density at radius 2 is 2.09 bits per heavy atom. The van der Waals surface area contributed by atoms with Crippen molar-refractivity contribution in [3.8, 4) is 11.8 Å². The first-order valence-corrected chi connectivity index (χ1v) is 10.9. The van der Waals surface area contributed by atoms with Crippen LogP contribution in [0.3, 0.4) is 0 Å². The number of amides is 1. The zero-order chi connectivity index (χ0) is 24.5. The van der Waals surface area contributed by atoms with Gasteiger partial charge in [0.1, 0.15) is 23.0 Å². The first-order valence-electron chi connectivity index (χ1n) is 10.5. The number of carbonyl (C=O) groups excluding carboxylic acids is 1. The summed E-state index contributed by atoms with van der Waals surface area (Å²) < 4.78 is 28.0. The van der Waals surface area contributed by atoms with Gasteiger partial charge < -0.3 is 15.5 Å². The summed E-state index contributed by atoms with van der Waals surface area (Å²) >= 11 is 5.70. The normalized spacial score (nSPS) is 17.8. The Balaban J connectivity index is 1.79. The van der Waals surface area contributed by atoms with Gasteiger partial charge in [-0.3, -0.25) is 4.79 Å². The van der Waals surface area contributed by atoms with E-state index in [1.54, 1.807) is 12.1 Å². The Morgan fingerprint density at radius 3 is 2.79 bits per heavy atom. The lowest BCUT2D eigenvalue weighted by atomic mass is 9.90. The van der Waals surface area contributed by atoms with Crippen molar-refractivity contribution < 1.29 is 13.6 Å². The van der Waals surface area contributed by atoms with E-state index < -0.39 is 22.6 Å². The number of nitrogens with zero attached hydrogens (tertiary/aromatic N) is 3. The van der Waals surface area contributed by atoms with Crippen LogP contribution in [0, 0.1) is 28.9 Å². The van der Waals surface area contributed by atoms with Crippen LogP contribution in [0.2, 0.25) is 5.02 Å². The van der Waals surface area contributed by atoms with Crippen molar-refractivity contribution in [2.75, 3.05) is 30.8 Å². The summed E-state index contributed by atoms with van der Waals surface area (Å²) in [5, 5.41) is 5.48. The lowest BCUT2D eigenvalue weighted by Gasteiger charge is -2.16. The molecule has 3 aromatic rings.